The Kier molecular flexibility index (Phi) is 9.87. The third-order valence-electron chi connectivity index (χ3n) is 16.0. The van der Waals surface area contributed by atoms with Gasteiger partial charge in [-0.3, -0.25) is 9.79 Å². The van der Waals surface area contributed by atoms with Gasteiger partial charge < -0.3 is 38.6 Å². The van der Waals surface area contributed by atoms with Crippen LogP contribution in [0.4, 0.5) is 0 Å². The van der Waals surface area contributed by atoms with Crippen molar-refractivity contribution in [3.63, 3.8) is 0 Å². The maximum absolute atomic E-state index is 12.4. The molecule has 10 nitrogen and oxygen atoms in total. The fourth-order valence-corrected chi connectivity index (χ4v) is 12.8. The zero-order valence-electron chi connectivity index (χ0n) is 34.1. The van der Waals surface area contributed by atoms with E-state index in [-0.39, 0.29) is 47.6 Å². The number of aliphatic hydroxyl groups is 2. The molecule has 55 heavy (non-hydrogen) atoms. The fraction of sp³-hybridized carbons (Fsp3) is 0.867. The van der Waals surface area contributed by atoms with Crippen molar-refractivity contribution < 1.29 is 43.4 Å². The molecule has 0 saturated carbocycles. The van der Waals surface area contributed by atoms with Crippen LogP contribution in [-0.2, 0) is 33.2 Å². The van der Waals surface area contributed by atoms with Gasteiger partial charge in [-0.1, -0.05) is 45.9 Å². The van der Waals surface area contributed by atoms with Crippen LogP contribution >= 0.6 is 0 Å². The van der Waals surface area contributed by atoms with Crippen molar-refractivity contribution >= 4 is 11.7 Å². The predicted octanol–water partition coefficient (Wildman–Crippen LogP) is 7.48. The second kappa shape index (κ2) is 14.0. The number of carbonyl (C=O) groups excluding carboxylic acids is 1. The van der Waals surface area contributed by atoms with E-state index in [2.05, 4.69) is 40.3 Å². The minimum absolute atomic E-state index is 0.000113. The highest BCUT2D eigenvalue weighted by molar-refractivity contribution is 5.91. The van der Waals surface area contributed by atoms with Gasteiger partial charge in [0.15, 0.2) is 11.6 Å². The molecule has 9 rings (SSSR count). The van der Waals surface area contributed by atoms with Crippen molar-refractivity contribution in [2.24, 2.45) is 40.0 Å². The summed E-state index contributed by atoms with van der Waals surface area (Å²) in [4.78, 5) is 17.9. The minimum Gasteiger partial charge on any atom is -0.458 e. The van der Waals surface area contributed by atoms with E-state index in [0.29, 0.717) is 62.7 Å². The molecule has 8 aliphatic heterocycles. The summed E-state index contributed by atoms with van der Waals surface area (Å²) in [7, 11) is 0. The Bertz CT molecular complexity index is 1590. The lowest BCUT2D eigenvalue weighted by molar-refractivity contribution is -0.411. The summed E-state index contributed by atoms with van der Waals surface area (Å²) >= 11 is 0. The minimum atomic E-state index is -1.19. The molecule has 0 aromatic heterocycles. The van der Waals surface area contributed by atoms with Crippen LogP contribution in [0.2, 0.25) is 0 Å². The number of esters is 1. The van der Waals surface area contributed by atoms with Gasteiger partial charge >= 0.3 is 5.97 Å². The number of hydrogen-bond donors (Lipinski definition) is 2. The maximum Gasteiger partial charge on any atom is 0.306 e. The largest absolute Gasteiger partial charge is 0.458 e. The zero-order valence-corrected chi connectivity index (χ0v) is 34.1. The Labute approximate surface area is 328 Å². The van der Waals surface area contributed by atoms with E-state index in [1.165, 1.54) is 11.3 Å². The lowest BCUT2D eigenvalue weighted by atomic mass is 9.57. The molecule has 8 heterocycles. The molecule has 1 unspecified atom stereocenters. The summed E-state index contributed by atoms with van der Waals surface area (Å²) in [6.45, 7) is 16.4. The third-order valence-corrected chi connectivity index (χ3v) is 16.0. The van der Waals surface area contributed by atoms with Gasteiger partial charge in [0, 0.05) is 62.1 Å². The van der Waals surface area contributed by atoms with Crippen molar-refractivity contribution in [3.8, 4) is 0 Å². The molecule has 0 aromatic carbocycles. The molecule has 306 valence electrons. The van der Waals surface area contributed by atoms with Gasteiger partial charge in [-0.2, -0.15) is 0 Å². The Hall–Kier alpha value is -1.66. The molecule has 16 atom stereocenters. The number of cyclic esters (lactones) is 1. The second-order valence-electron chi connectivity index (χ2n) is 20.2. The average Bonchev–Trinajstić information content (AvgIpc) is 3.77. The molecule has 1 aliphatic carbocycles. The first-order valence-corrected chi connectivity index (χ1v) is 22.0. The summed E-state index contributed by atoms with van der Waals surface area (Å²) in [6.07, 6.45) is 12.9. The van der Waals surface area contributed by atoms with Gasteiger partial charge in [-0.05, 0) is 107 Å². The highest BCUT2D eigenvalue weighted by atomic mass is 16.8. The number of fused-ring (bicyclic) bond motifs is 6. The smallest absolute Gasteiger partial charge is 0.306 e. The van der Waals surface area contributed by atoms with Gasteiger partial charge in [0.1, 0.15) is 11.7 Å². The Morgan fingerprint density at radius 1 is 0.836 bits per heavy atom. The number of nitrogens with zero attached hydrogens (tertiary/aromatic N) is 1. The summed E-state index contributed by atoms with van der Waals surface area (Å²) in [5.41, 5.74) is 2.29. The zero-order chi connectivity index (χ0) is 38.5. The molecule has 9 aliphatic rings. The molecule has 4 spiro atoms. The van der Waals surface area contributed by atoms with E-state index in [1.807, 2.05) is 6.92 Å². The van der Waals surface area contributed by atoms with Crippen LogP contribution in [0.1, 0.15) is 144 Å². The van der Waals surface area contributed by atoms with Crippen LogP contribution in [0.3, 0.4) is 0 Å². The molecular weight excluding hydrogens is 698 g/mol. The van der Waals surface area contributed by atoms with E-state index in [1.54, 1.807) is 0 Å². The quantitative estimate of drug-likeness (QED) is 0.207. The highest BCUT2D eigenvalue weighted by Gasteiger charge is 2.66. The van der Waals surface area contributed by atoms with Gasteiger partial charge in [0.05, 0.1) is 30.5 Å². The van der Waals surface area contributed by atoms with Crippen LogP contribution in [0.25, 0.3) is 0 Å². The predicted molar refractivity (Wildman–Crippen MR) is 206 cm³/mol. The lowest BCUT2D eigenvalue weighted by Crippen LogP contribution is -2.62. The van der Waals surface area contributed by atoms with Crippen LogP contribution in [-0.4, -0.2) is 88.0 Å². The van der Waals surface area contributed by atoms with Crippen molar-refractivity contribution in [1.82, 2.24) is 0 Å². The molecule has 0 aromatic rings. The number of carbonyl (C=O) groups is 1. The van der Waals surface area contributed by atoms with E-state index in [9.17, 15) is 15.0 Å². The molecular formula is C45H67NO9. The van der Waals surface area contributed by atoms with Gasteiger partial charge in [0.25, 0.3) is 0 Å². The normalized spacial score (nSPS) is 53.0. The SMILES string of the molecule is C=C1CCCC2=NC[C@H](C)[C@@H](C)C[C@@]23CCC(C2CCC(=O)O2)=C[C@@H]3[C@@H]2O[C@@]3(C[C@@H](C)C[C@H]2O3)C[C@@H]2O[C@]3(CC[C@@]4(O[C@@H](CC[C@@]4(C)O)C1)O3)C[C@H](C)[C@@H]2O. The van der Waals surface area contributed by atoms with Crippen LogP contribution in [0.15, 0.2) is 28.8 Å². The van der Waals surface area contributed by atoms with E-state index in [4.69, 9.17) is 33.4 Å². The van der Waals surface area contributed by atoms with Crippen LogP contribution in [0.5, 0.6) is 0 Å². The standard InChI is InChI=1S/C45H67NO9/c1-26-8-7-9-37-42(22-28(3)30(5)25-46-37)15-12-31(34-10-11-38(47)50-34)20-33(42)40-35-19-27(2)21-44(52-35,54-40)24-36-39(48)29(4)23-43(53-36)16-17-45(55-43)41(6,49)14-13-32(18-26)51-45/h20,27-30,32-36,39-40,48-49H,1,7-19,21-25H2,2-6H3/t27-,28-,29-,30-,32-,33+,34?,35+,36-,39-,40-,41+,42+,43-,44-,45+/m0/s1. The average molecular weight is 766 g/mol. The second-order valence-corrected chi connectivity index (χ2v) is 20.2. The molecule has 7 saturated heterocycles. The number of aliphatic imine (C=N–C) groups is 1. The Morgan fingerprint density at radius 2 is 1.65 bits per heavy atom. The summed E-state index contributed by atoms with van der Waals surface area (Å²) in [5, 5.41) is 23.7. The summed E-state index contributed by atoms with van der Waals surface area (Å²) in [5.74, 6) is -2.04. The lowest BCUT2D eigenvalue weighted by Gasteiger charge is -2.51. The molecule has 7 bridgehead atoms. The van der Waals surface area contributed by atoms with Crippen molar-refractivity contribution in [2.75, 3.05) is 6.54 Å². The monoisotopic (exact) mass is 765 g/mol. The number of rotatable bonds is 1. The molecule has 10 heteroatoms. The molecule has 0 radical (unpaired) electrons. The molecule has 0 amide bonds. The van der Waals surface area contributed by atoms with Crippen LogP contribution in [0, 0.1) is 35.0 Å². The fourth-order valence-electron chi connectivity index (χ4n) is 12.8. The Morgan fingerprint density at radius 3 is 2.45 bits per heavy atom. The molecule has 7 fully saturated rings. The van der Waals surface area contributed by atoms with E-state index >= 15 is 0 Å². The maximum atomic E-state index is 12.4. The first-order chi connectivity index (χ1) is 26.1. The number of ether oxygens (including phenoxy) is 6. The Balaban J connectivity index is 1.13. The van der Waals surface area contributed by atoms with Crippen molar-refractivity contribution in [2.45, 2.75) is 203 Å². The van der Waals surface area contributed by atoms with Crippen molar-refractivity contribution in [3.05, 3.63) is 23.8 Å². The topological polar surface area (TPSA) is 125 Å². The molecule has 2 N–H and O–H groups in total. The first kappa shape index (κ1) is 38.8. The number of aliphatic hydroxyl groups excluding tert-OH is 1. The van der Waals surface area contributed by atoms with E-state index < -0.39 is 35.2 Å². The summed E-state index contributed by atoms with van der Waals surface area (Å²) < 4.78 is 41.4. The van der Waals surface area contributed by atoms with Crippen LogP contribution < -0.4 is 0 Å². The third kappa shape index (κ3) is 6.73. The highest BCUT2D eigenvalue weighted by Crippen LogP contribution is 2.59. The van der Waals surface area contributed by atoms with E-state index in [0.717, 1.165) is 76.3 Å². The summed E-state index contributed by atoms with van der Waals surface area (Å²) in [6, 6.07) is 0. The first-order valence-electron chi connectivity index (χ1n) is 22.0. The van der Waals surface area contributed by atoms with Gasteiger partial charge in [-0.15, -0.1) is 0 Å². The van der Waals surface area contributed by atoms with Gasteiger partial charge in [-0.25, -0.2) is 0 Å². The van der Waals surface area contributed by atoms with Crippen molar-refractivity contribution in [1.29, 1.82) is 0 Å². The number of hydrogen-bond acceptors (Lipinski definition) is 10. The van der Waals surface area contributed by atoms with Gasteiger partial charge in [0.2, 0.25) is 5.79 Å².